The van der Waals surface area contributed by atoms with Crippen molar-refractivity contribution < 1.29 is 24.0 Å². The predicted molar refractivity (Wildman–Crippen MR) is 83.4 cm³/mol. The van der Waals surface area contributed by atoms with Crippen molar-refractivity contribution in [1.82, 2.24) is 0 Å². The van der Waals surface area contributed by atoms with Gasteiger partial charge in [-0.2, -0.15) is 0 Å². The maximum atomic E-state index is 11.5. The number of aromatic carboxylic acids is 1. The average Bonchev–Trinajstić information content (AvgIpc) is 3.09. The molecule has 3 rings (SSSR count). The summed E-state index contributed by atoms with van der Waals surface area (Å²) < 4.78 is 6.23. The summed E-state index contributed by atoms with van der Waals surface area (Å²) in [6.07, 6.45) is 1.50. The van der Waals surface area contributed by atoms with Gasteiger partial charge in [-0.3, -0.25) is 0 Å². The van der Waals surface area contributed by atoms with Gasteiger partial charge in [-0.15, -0.1) is 0 Å². The van der Waals surface area contributed by atoms with E-state index < -0.39 is 11.9 Å². The van der Waals surface area contributed by atoms with Crippen LogP contribution in [0.2, 0.25) is 0 Å². The van der Waals surface area contributed by atoms with Gasteiger partial charge in [0.1, 0.15) is 11.5 Å². The van der Waals surface area contributed by atoms with Gasteiger partial charge in [-0.25, -0.2) is 4.79 Å². The van der Waals surface area contributed by atoms with Crippen LogP contribution in [0, 0.1) is 0 Å². The minimum absolute atomic E-state index is 0.00551. The van der Waals surface area contributed by atoms with Gasteiger partial charge in [-0.1, -0.05) is 21.1 Å². The zero-order valence-electron chi connectivity index (χ0n) is 11.8. The van der Waals surface area contributed by atoms with Crippen molar-refractivity contribution in [3.63, 3.8) is 0 Å². The first-order valence-corrected chi connectivity index (χ1v) is 7.34. The second kappa shape index (κ2) is 5.85. The lowest BCUT2D eigenvalue weighted by Gasteiger charge is -2.08. The van der Waals surface area contributed by atoms with E-state index in [9.17, 15) is 14.7 Å². The fourth-order valence-corrected chi connectivity index (χ4v) is 2.50. The topological polar surface area (TPSA) is 91.9 Å². The SMILES string of the molecule is CC1=NOC(=O)/C1=C\c1ccc(-c2ccc(Br)cc2C(=O)[O-])o1. The number of carbonyl (C=O) groups is 2. The van der Waals surface area contributed by atoms with Crippen LogP contribution in [0.25, 0.3) is 17.4 Å². The van der Waals surface area contributed by atoms with E-state index in [1.807, 2.05) is 0 Å². The molecule has 0 aliphatic carbocycles. The van der Waals surface area contributed by atoms with Gasteiger partial charge in [0.15, 0.2) is 0 Å². The lowest BCUT2D eigenvalue weighted by molar-refractivity contribution is -0.255. The Kier molecular flexibility index (Phi) is 3.87. The summed E-state index contributed by atoms with van der Waals surface area (Å²) in [5.74, 6) is -1.13. The Hall–Kier alpha value is -2.67. The number of carboxylic acids is 1. The van der Waals surface area contributed by atoms with Crippen molar-refractivity contribution in [3.05, 3.63) is 51.7 Å². The molecular formula is C16H9BrNO5-. The molecule has 6 nitrogen and oxygen atoms in total. The van der Waals surface area contributed by atoms with E-state index in [1.165, 1.54) is 12.1 Å². The molecular weight excluding hydrogens is 366 g/mol. The third kappa shape index (κ3) is 2.95. The summed E-state index contributed by atoms with van der Waals surface area (Å²) >= 11 is 3.22. The molecule has 116 valence electrons. The number of furan rings is 1. The molecule has 1 aromatic heterocycles. The van der Waals surface area contributed by atoms with E-state index in [1.54, 1.807) is 31.2 Å². The molecule has 2 aromatic rings. The van der Waals surface area contributed by atoms with Crippen LogP contribution in [0.5, 0.6) is 0 Å². The molecule has 7 heteroatoms. The molecule has 0 saturated carbocycles. The Morgan fingerprint density at radius 3 is 2.74 bits per heavy atom. The first kappa shape index (κ1) is 15.2. The highest BCUT2D eigenvalue weighted by Gasteiger charge is 2.22. The largest absolute Gasteiger partial charge is 0.545 e. The maximum Gasteiger partial charge on any atom is 0.367 e. The molecule has 1 aromatic carbocycles. The summed E-state index contributed by atoms with van der Waals surface area (Å²) in [6.45, 7) is 1.64. The Bertz CT molecular complexity index is 878. The molecule has 0 fully saturated rings. The monoisotopic (exact) mass is 374 g/mol. The lowest BCUT2D eigenvalue weighted by atomic mass is 10.1. The highest BCUT2D eigenvalue weighted by molar-refractivity contribution is 9.10. The Morgan fingerprint density at radius 2 is 2.09 bits per heavy atom. The quantitative estimate of drug-likeness (QED) is 0.607. The molecule has 0 amide bonds. The van der Waals surface area contributed by atoms with E-state index in [0.29, 0.717) is 32.8 Å². The van der Waals surface area contributed by atoms with E-state index in [-0.39, 0.29) is 5.56 Å². The van der Waals surface area contributed by atoms with Crippen LogP contribution in [0.4, 0.5) is 0 Å². The number of carboxylic acid groups (broad SMARTS) is 1. The average molecular weight is 375 g/mol. The minimum atomic E-state index is -1.31. The van der Waals surface area contributed by atoms with Crippen LogP contribution in [0.1, 0.15) is 23.0 Å². The zero-order valence-corrected chi connectivity index (χ0v) is 13.4. The third-order valence-electron chi connectivity index (χ3n) is 3.26. The van der Waals surface area contributed by atoms with Crippen LogP contribution in [-0.2, 0) is 9.63 Å². The highest BCUT2D eigenvalue weighted by atomic mass is 79.9. The Labute approximate surface area is 139 Å². The number of nitrogens with zero attached hydrogens (tertiary/aromatic N) is 1. The molecule has 0 spiro atoms. The number of carbonyl (C=O) groups excluding carboxylic acids is 2. The van der Waals surface area contributed by atoms with E-state index in [4.69, 9.17) is 4.42 Å². The second-order valence-corrected chi connectivity index (χ2v) is 5.71. The molecule has 2 heterocycles. The third-order valence-corrected chi connectivity index (χ3v) is 3.75. The lowest BCUT2D eigenvalue weighted by Crippen LogP contribution is -2.23. The number of rotatable bonds is 3. The predicted octanol–water partition coefficient (Wildman–Crippen LogP) is 2.39. The summed E-state index contributed by atoms with van der Waals surface area (Å²) in [5.41, 5.74) is 1.14. The van der Waals surface area contributed by atoms with Crippen LogP contribution >= 0.6 is 15.9 Å². The van der Waals surface area contributed by atoms with Gasteiger partial charge in [0, 0.05) is 15.6 Å². The molecule has 23 heavy (non-hydrogen) atoms. The van der Waals surface area contributed by atoms with Gasteiger partial charge in [0.2, 0.25) is 0 Å². The number of hydrogen-bond acceptors (Lipinski definition) is 6. The summed E-state index contributed by atoms with van der Waals surface area (Å²) in [6, 6.07) is 8.00. The molecule has 0 saturated heterocycles. The molecule has 0 bridgehead atoms. The van der Waals surface area contributed by atoms with Crippen molar-refractivity contribution in [3.8, 4) is 11.3 Å². The van der Waals surface area contributed by atoms with Crippen molar-refractivity contribution >= 4 is 39.7 Å². The Balaban J connectivity index is 2.01. The number of benzene rings is 1. The molecule has 0 radical (unpaired) electrons. The van der Waals surface area contributed by atoms with Gasteiger partial charge < -0.3 is 19.2 Å². The van der Waals surface area contributed by atoms with Gasteiger partial charge in [-0.05, 0) is 43.3 Å². The smallest absolute Gasteiger partial charge is 0.367 e. The second-order valence-electron chi connectivity index (χ2n) is 4.79. The normalized spacial score (nSPS) is 15.7. The first-order valence-electron chi connectivity index (χ1n) is 6.55. The Morgan fingerprint density at radius 1 is 1.30 bits per heavy atom. The van der Waals surface area contributed by atoms with E-state index >= 15 is 0 Å². The van der Waals surface area contributed by atoms with Crippen LogP contribution < -0.4 is 5.11 Å². The van der Waals surface area contributed by atoms with Gasteiger partial charge in [0.05, 0.1) is 17.3 Å². The van der Waals surface area contributed by atoms with Crippen molar-refractivity contribution in [2.45, 2.75) is 6.92 Å². The fourth-order valence-electron chi connectivity index (χ4n) is 2.14. The number of hydrogen-bond donors (Lipinski definition) is 0. The van der Waals surface area contributed by atoms with Crippen molar-refractivity contribution in [2.24, 2.45) is 5.16 Å². The highest BCUT2D eigenvalue weighted by Crippen LogP contribution is 2.29. The van der Waals surface area contributed by atoms with Crippen LogP contribution in [0.3, 0.4) is 0 Å². The first-order chi connectivity index (χ1) is 11.0. The zero-order chi connectivity index (χ0) is 16.6. The summed E-state index contributed by atoms with van der Waals surface area (Å²) in [5, 5.41) is 14.8. The minimum Gasteiger partial charge on any atom is -0.545 e. The fraction of sp³-hybridized carbons (Fsp3) is 0.0625. The van der Waals surface area contributed by atoms with Gasteiger partial charge in [0.25, 0.3) is 0 Å². The van der Waals surface area contributed by atoms with E-state index in [0.717, 1.165) is 0 Å². The molecule has 0 N–H and O–H groups in total. The van der Waals surface area contributed by atoms with E-state index in [2.05, 4.69) is 25.9 Å². The standard InChI is InChI=1S/C16H10BrNO5/c1-8-12(16(21)23-18-8)7-10-3-5-14(22-10)11-4-2-9(17)6-13(11)15(19)20/h2-7H,1H3,(H,19,20)/p-1/b12-7-. The van der Waals surface area contributed by atoms with Crippen LogP contribution in [-0.4, -0.2) is 17.7 Å². The van der Waals surface area contributed by atoms with Crippen LogP contribution in [0.15, 0.2) is 50.0 Å². The van der Waals surface area contributed by atoms with Gasteiger partial charge >= 0.3 is 5.97 Å². The summed E-state index contributed by atoms with van der Waals surface area (Å²) in [4.78, 5) is 27.3. The molecule has 1 aliphatic heterocycles. The molecule has 0 atom stereocenters. The van der Waals surface area contributed by atoms with Crippen molar-refractivity contribution in [1.29, 1.82) is 0 Å². The molecule has 0 unspecified atom stereocenters. The maximum absolute atomic E-state index is 11.5. The number of oxime groups is 1. The van der Waals surface area contributed by atoms with Crippen molar-refractivity contribution in [2.75, 3.05) is 0 Å². The summed E-state index contributed by atoms with van der Waals surface area (Å²) in [7, 11) is 0. The molecule has 1 aliphatic rings. The number of halogens is 1.